The zero-order valence-corrected chi connectivity index (χ0v) is 14.1. The van der Waals surface area contributed by atoms with Crippen LogP contribution in [0.3, 0.4) is 0 Å². The first-order chi connectivity index (χ1) is 11.5. The van der Waals surface area contributed by atoms with Crippen molar-refractivity contribution in [3.63, 3.8) is 0 Å². The predicted octanol–water partition coefficient (Wildman–Crippen LogP) is 3.71. The Morgan fingerprint density at radius 3 is 2.71 bits per heavy atom. The molecule has 0 radical (unpaired) electrons. The molecule has 126 valence electrons. The van der Waals surface area contributed by atoms with Gasteiger partial charge in [0.1, 0.15) is 0 Å². The SMILES string of the molecule is COC(=O)[C@@H]1CCN(C(=O)c2occc2C(C)C)c2ccccc21. The number of nitrogens with zero attached hydrogens (tertiary/aromatic N) is 1. The van der Waals surface area contributed by atoms with Gasteiger partial charge >= 0.3 is 5.97 Å². The maximum atomic E-state index is 13.0. The van der Waals surface area contributed by atoms with Crippen LogP contribution < -0.4 is 4.90 Å². The lowest BCUT2D eigenvalue weighted by Crippen LogP contribution is -2.38. The molecule has 0 unspecified atom stereocenters. The van der Waals surface area contributed by atoms with Gasteiger partial charge < -0.3 is 14.1 Å². The van der Waals surface area contributed by atoms with E-state index in [1.54, 1.807) is 11.2 Å². The quantitative estimate of drug-likeness (QED) is 0.806. The van der Waals surface area contributed by atoms with Crippen LogP contribution in [0.1, 0.15) is 53.8 Å². The highest BCUT2D eigenvalue weighted by molar-refractivity contribution is 6.06. The number of furan rings is 1. The van der Waals surface area contributed by atoms with Gasteiger partial charge in [-0.3, -0.25) is 9.59 Å². The van der Waals surface area contributed by atoms with Crippen LogP contribution in [0.25, 0.3) is 0 Å². The van der Waals surface area contributed by atoms with Crippen molar-refractivity contribution in [2.24, 2.45) is 0 Å². The fourth-order valence-corrected chi connectivity index (χ4v) is 3.23. The van der Waals surface area contributed by atoms with Crippen molar-refractivity contribution in [1.82, 2.24) is 0 Å². The van der Waals surface area contributed by atoms with Gasteiger partial charge in [0.25, 0.3) is 5.91 Å². The number of esters is 1. The number of methoxy groups -OCH3 is 1. The topological polar surface area (TPSA) is 59.8 Å². The van der Waals surface area contributed by atoms with Crippen LogP contribution in [0.2, 0.25) is 0 Å². The van der Waals surface area contributed by atoms with Crippen LogP contribution in [-0.4, -0.2) is 25.5 Å². The standard InChI is InChI=1S/C19H21NO4/c1-12(2)13-9-11-24-17(13)18(21)20-10-8-15(19(22)23-3)14-6-4-5-7-16(14)20/h4-7,9,11-12,15H,8,10H2,1-3H3/t15-/m1/s1. The molecule has 1 aliphatic heterocycles. The number of carbonyl (C=O) groups excluding carboxylic acids is 2. The van der Waals surface area contributed by atoms with Crippen LogP contribution in [-0.2, 0) is 9.53 Å². The molecule has 1 aliphatic rings. The number of ether oxygens (including phenoxy) is 1. The van der Waals surface area contributed by atoms with E-state index in [9.17, 15) is 9.59 Å². The van der Waals surface area contributed by atoms with E-state index in [0.29, 0.717) is 18.7 Å². The molecule has 0 bridgehead atoms. The van der Waals surface area contributed by atoms with E-state index in [1.165, 1.54) is 7.11 Å². The van der Waals surface area contributed by atoms with E-state index >= 15 is 0 Å². The fraction of sp³-hybridized carbons (Fsp3) is 0.368. The molecule has 0 spiro atoms. The molecule has 3 rings (SSSR count). The first kappa shape index (κ1) is 16.3. The second-order valence-electron chi connectivity index (χ2n) is 6.24. The molecule has 0 saturated carbocycles. The first-order valence-electron chi connectivity index (χ1n) is 8.10. The highest BCUT2D eigenvalue weighted by atomic mass is 16.5. The van der Waals surface area contributed by atoms with Gasteiger partial charge in [0.05, 0.1) is 19.3 Å². The summed E-state index contributed by atoms with van der Waals surface area (Å²) in [4.78, 5) is 26.7. The number of carbonyl (C=O) groups is 2. The van der Waals surface area contributed by atoms with Crippen molar-refractivity contribution in [2.75, 3.05) is 18.6 Å². The summed E-state index contributed by atoms with van der Waals surface area (Å²) < 4.78 is 10.4. The minimum Gasteiger partial charge on any atom is -0.469 e. The number of para-hydroxylation sites is 1. The minimum absolute atomic E-state index is 0.167. The molecular formula is C19H21NO4. The third-order valence-corrected chi connectivity index (χ3v) is 4.49. The molecule has 1 aromatic heterocycles. The second-order valence-corrected chi connectivity index (χ2v) is 6.24. The van der Waals surface area contributed by atoms with E-state index in [2.05, 4.69) is 0 Å². The van der Waals surface area contributed by atoms with Gasteiger partial charge in [-0.25, -0.2) is 0 Å². The predicted molar refractivity (Wildman–Crippen MR) is 90.3 cm³/mol. The first-order valence-corrected chi connectivity index (χ1v) is 8.10. The Kier molecular flexibility index (Phi) is 4.42. The Hall–Kier alpha value is -2.56. The molecule has 0 aliphatic carbocycles. The molecule has 1 amide bonds. The zero-order chi connectivity index (χ0) is 17.3. The number of hydrogen-bond donors (Lipinski definition) is 0. The lowest BCUT2D eigenvalue weighted by Gasteiger charge is -2.32. The fourth-order valence-electron chi connectivity index (χ4n) is 3.23. The van der Waals surface area contributed by atoms with Crippen molar-refractivity contribution in [3.8, 4) is 0 Å². The van der Waals surface area contributed by atoms with Crippen molar-refractivity contribution >= 4 is 17.6 Å². The van der Waals surface area contributed by atoms with Crippen molar-refractivity contribution in [2.45, 2.75) is 32.1 Å². The summed E-state index contributed by atoms with van der Waals surface area (Å²) in [6, 6.07) is 9.31. The lowest BCUT2D eigenvalue weighted by molar-refractivity contribution is -0.142. The average Bonchev–Trinajstić information content (AvgIpc) is 3.09. The molecular weight excluding hydrogens is 306 g/mol. The number of rotatable bonds is 3. The van der Waals surface area contributed by atoms with Gasteiger partial charge in [0.2, 0.25) is 0 Å². The Morgan fingerprint density at radius 2 is 2.00 bits per heavy atom. The minimum atomic E-state index is -0.337. The largest absolute Gasteiger partial charge is 0.469 e. The number of benzene rings is 1. The normalized spacial score (nSPS) is 16.8. The summed E-state index contributed by atoms with van der Waals surface area (Å²) in [5.74, 6) is -0.201. The Bertz CT molecular complexity index is 762. The van der Waals surface area contributed by atoms with Gasteiger partial charge in [0, 0.05) is 17.8 Å². The zero-order valence-electron chi connectivity index (χ0n) is 14.1. The molecule has 0 fully saturated rings. The number of anilines is 1. The molecule has 1 aromatic carbocycles. The van der Waals surface area contributed by atoms with E-state index in [-0.39, 0.29) is 23.7 Å². The highest BCUT2D eigenvalue weighted by Crippen LogP contribution is 2.37. The Morgan fingerprint density at radius 1 is 1.25 bits per heavy atom. The summed E-state index contributed by atoms with van der Waals surface area (Å²) >= 11 is 0. The monoisotopic (exact) mass is 327 g/mol. The van der Waals surface area contributed by atoms with Gasteiger partial charge in [-0.2, -0.15) is 0 Å². The summed E-state index contributed by atoms with van der Waals surface area (Å²) in [5, 5.41) is 0. The van der Waals surface area contributed by atoms with Crippen molar-refractivity contribution < 1.29 is 18.7 Å². The third kappa shape index (κ3) is 2.70. The smallest absolute Gasteiger partial charge is 0.313 e. The number of hydrogen-bond acceptors (Lipinski definition) is 4. The maximum Gasteiger partial charge on any atom is 0.313 e. The average molecular weight is 327 g/mol. The highest BCUT2D eigenvalue weighted by Gasteiger charge is 2.35. The molecule has 2 aromatic rings. The van der Waals surface area contributed by atoms with Gasteiger partial charge in [-0.05, 0) is 30.0 Å². The number of fused-ring (bicyclic) bond motifs is 1. The maximum absolute atomic E-state index is 13.0. The third-order valence-electron chi connectivity index (χ3n) is 4.49. The van der Waals surface area contributed by atoms with Crippen LogP contribution in [0.15, 0.2) is 41.0 Å². The lowest BCUT2D eigenvalue weighted by atomic mass is 9.89. The molecule has 1 atom stereocenters. The molecule has 0 N–H and O–H groups in total. The van der Waals surface area contributed by atoms with E-state index in [0.717, 1.165) is 16.8 Å². The summed E-state index contributed by atoms with van der Waals surface area (Å²) in [5.41, 5.74) is 2.46. The van der Waals surface area contributed by atoms with Crippen LogP contribution in [0.4, 0.5) is 5.69 Å². The van der Waals surface area contributed by atoms with Crippen molar-refractivity contribution in [3.05, 3.63) is 53.5 Å². The molecule has 0 saturated heterocycles. The molecule has 5 nitrogen and oxygen atoms in total. The molecule has 24 heavy (non-hydrogen) atoms. The van der Waals surface area contributed by atoms with Gasteiger partial charge in [-0.15, -0.1) is 0 Å². The van der Waals surface area contributed by atoms with Crippen LogP contribution in [0.5, 0.6) is 0 Å². The van der Waals surface area contributed by atoms with Gasteiger partial charge in [-0.1, -0.05) is 32.0 Å². The Balaban J connectivity index is 1.99. The van der Waals surface area contributed by atoms with E-state index in [4.69, 9.17) is 9.15 Å². The van der Waals surface area contributed by atoms with Crippen molar-refractivity contribution in [1.29, 1.82) is 0 Å². The summed E-state index contributed by atoms with van der Waals surface area (Å²) in [7, 11) is 1.39. The Labute approximate surface area is 141 Å². The summed E-state index contributed by atoms with van der Waals surface area (Å²) in [6.45, 7) is 4.51. The molecule has 2 heterocycles. The summed E-state index contributed by atoms with van der Waals surface area (Å²) in [6.07, 6.45) is 2.09. The second kappa shape index (κ2) is 6.51. The van der Waals surface area contributed by atoms with Crippen LogP contribution in [0, 0.1) is 0 Å². The number of amides is 1. The van der Waals surface area contributed by atoms with Gasteiger partial charge in [0.15, 0.2) is 5.76 Å². The van der Waals surface area contributed by atoms with Crippen LogP contribution >= 0.6 is 0 Å². The van der Waals surface area contributed by atoms with E-state index in [1.807, 2.05) is 44.2 Å². The molecule has 5 heteroatoms. The van der Waals surface area contributed by atoms with E-state index < -0.39 is 0 Å².